The van der Waals surface area contributed by atoms with Crippen molar-refractivity contribution in [3.63, 3.8) is 0 Å². The Hall–Kier alpha value is -1.76. The van der Waals surface area contributed by atoms with Crippen LogP contribution in [0.4, 0.5) is 18.0 Å². The van der Waals surface area contributed by atoms with Crippen LogP contribution in [-0.2, 0) is 10.9 Å². The Morgan fingerprint density at radius 2 is 1.56 bits per heavy atom. The number of ether oxygens (including phenoxy) is 1. The van der Waals surface area contributed by atoms with Crippen LogP contribution in [0.25, 0.3) is 0 Å². The third kappa shape index (κ3) is 5.36. The minimum absolute atomic E-state index is 0.0110. The van der Waals surface area contributed by atoms with Gasteiger partial charge in [-0.1, -0.05) is 12.1 Å². The molecule has 25 heavy (non-hydrogen) atoms. The monoisotopic (exact) mass is 358 g/mol. The van der Waals surface area contributed by atoms with Crippen LogP contribution in [0.3, 0.4) is 0 Å². The highest BCUT2D eigenvalue weighted by atomic mass is 19.4. The molecule has 140 valence electrons. The van der Waals surface area contributed by atoms with Crippen molar-refractivity contribution >= 4 is 6.09 Å². The Balaban J connectivity index is 1.93. The normalized spacial score (nSPS) is 18.1. The van der Waals surface area contributed by atoms with Crippen molar-refractivity contribution in [3.05, 3.63) is 35.4 Å². The second-order valence-corrected chi connectivity index (χ2v) is 7.30. The highest BCUT2D eigenvalue weighted by molar-refractivity contribution is 5.68. The van der Waals surface area contributed by atoms with Gasteiger partial charge >= 0.3 is 12.3 Å². The van der Waals surface area contributed by atoms with E-state index in [1.165, 1.54) is 12.1 Å². The van der Waals surface area contributed by atoms with Gasteiger partial charge in [-0.25, -0.2) is 4.79 Å². The summed E-state index contributed by atoms with van der Waals surface area (Å²) in [5.41, 5.74) is -0.334. The topological polar surface area (TPSA) is 32.8 Å². The second-order valence-electron chi connectivity index (χ2n) is 7.30. The summed E-state index contributed by atoms with van der Waals surface area (Å²) in [6.07, 6.45) is -4.64. The fourth-order valence-corrected chi connectivity index (χ4v) is 2.78. The van der Waals surface area contributed by atoms with E-state index in [4.69, 9.17) is 4.74 Å². The summed E-state index contributed by atoms with van der Waals surface area (Å²) in [6, 6.07) is 5.26. The van der Waals surface area contributed by atoms with Crippen molar-refractivity contribution in [2.75, 3.05) is 26.2 Å². The number of nitrogens with zero attached hydrogens (tertiary/aromatic N) is 2. The Morgan fingerprint density at radius 3 is 2.00 bits per heavy atom. The van der Waals surface area contributed by atoms with E-state index in [0.29, 0.717) is 26.2 Å². The van der Waals surface area contributed by atoms with Crippen LogP contribution >= 0.6 is 0 Å². The van der Waals surface area contributed by atoms with Gasteiger partial charge in [0, 0.05) is 32.2 Å². The van der Waals surface area contributed by atoms with Crippen LogP contribution < -0.4 is 0 Å². The van der Waals surface area contributed by atoms with Crippen LogP contribution in [0.1, 0.15) is 44.9 Å². The largest absolute Gasteiger partial charge is 0.444 e. The van der Waals surface area contributed by atoms with Gasteiger partial charge in [0.05, 0.1) is 5.56 Å². The quantitative estimate of drug-likeness (QED) is 0.789. The van der Waals surface area contributed by atoms with Crippen LogP contribution in [0.5, 0.6) is 0 Å². The molecule has 1 saturated heterocycles. The molecule has 1 amide bonds. The lowest BCUT2D eigenvalue weighted by molar-refractivity contribution is -0.137. The first-order chi connectivity index (χ1) is 11.5. The molecule has 0 aromatic heterocycles. The van der Waals surface area contributed by atoms with Gasteiger partial charge in [-0.05, 0) is 45.4 Å². The molecule has 2 rings (SSSR count). The molecule has 0 aliphatic carbocycles. The average Bonchev–Trinajstić information content (AvgIpc) is 2.52. The van der Waals surface area contributed by atoms with Crippen molar-refractivity contribution in [2.45, 2.75) is 45.5 Å². The molecular formula is C18H25F3N2O2. The predicted octanol–water partition coefficient (Wildman–Crippen LogP) is 4.32. The first-order valence-electron chi connectivity index (χ1n) is 8.36. The average molecular weight is 358 g/mol. The van der Waals surface area contributed by atoms with Gasteiger partial charge in [0.15, 0.2) is 0 Å². The van der Waals surface area contributed by atoms with Gasteiger partial charge in [0.1, 0.15) is 5.60 Å². The summed E-state index contributed by atoms with van der Waals surface area (Å²) in [5, 5.41) is 0. The lowest BCUT2D eigenvalue weighted by atomic mass is 10.0. The minimum atomic E-state index is -4.32. The number of carbonyl (C=O) groups excluding carboxylic acids is 1. The molecule has 1 unspecified atom stereocenters. The molecule has 1 fully saturated rings. The number of hydrogen-bond acceptors (Lipinski definition) is 3. The molecule has 1 heterocycles. The zero-order valence-corrected chi connectivity index (χ0v) is 15.1. The smallest absolute Gasteiger partial charge is 0.416 e. The molecule has 1 aromatic rings. The maximum Gasteiger partial charge on any atom is 0.416 e. The van der Waals surface area contributed by atoms with E-state index in [0.717, 1.165) is 17.7 Å². The van der Waals surface area contributed by atoms with E-state index in [9.17, 15) is 18.0 Å². The number of rotatable bonds is 2. The summed E-state index contributed by atoms with van der Waals surface area (Å²) >= 11 is 0. The third-order valence-corrected chi connectivity index (χ3v) is 4.23. The van der Waals surface area contributed by atoms with Crippen LogP contribution in [0, 0.1) is 0 Å². The third-order valence-electron chi connectivity index (χ3n) is 4.23. The highest BCUT2D eigenvalue weighted by Crippen LogP contribution is 2.31. The molecule has 4 nitrogen and oxygen atoms in total. The Kier molecular flexibility index (Phi) is 5.66. The molecule has 1 atom stereocenters. The van der Waals surface area contributed by atoms with Crippen molar-refractivity contribution in [1.29, 1.82) is 0 Å². The zero-order valence-electron chi connectivity index (χ0n) is 15.1. The number of amides is 1. The molecule has 7 heteroatoms. The number of benzene rings is 1. The molecule has 0 bridgehead atoms. The van der Waals surface area contributed by atoms with Gasteiger partial charge in [-0.2, -0.15) is 13.2 Å². The molecule has 0 spiro atoms. The number of piperazine rings is 1. The van der Waals surface area contributed by atoms with Gasteiger partial charge in [-0.15, -0.1) is 0 Å². The lowest BCUT2D eigenvalue weighted by Crippen LogP contribution is -2.50. The number of hydrogen-bond donors (Lipinski definition) is 0. The van der Waals surface area contributed by atoms with Crippen molar-refractivity contribution in [1.82, 2.24) is 9.80 Å². The van der Waals surface area contributed by atoms with Gasteiger partial charge in [-0.3, -0.25) is 4.90 Å². The number of carbonyl (C=O) groups is 1. The molecule has 0 radical (unpaired) electrons. The van der Waals surface area contributed by atoms with Crippen LogP contribution in [0.2, 0.25) is 0 Å². The molecule has 1 aromatic carbocycles. The summed E-state index contributed by atoms with van der Waals surface area (Å²) in [5.74, 6) is 0. The van der Waals surface area contributed by atoms with E-state index < -0.39 is 17.3 Å². The highest BCUT2D eigenvalue weighted by Gasteiger charge is 2.31. The number of alkyl halides is 3. The fourth-order valence-electron chi connectivity index (χ4n) is 2.78. The predicted molar refractivity (Wildman–Crippen MR) is 89.2 cm³/mol. The van der Waals surface area contributed by atoms with Gasteiger partial charge in [0.2, 0.25) is 0 Å². The van der Waals surface area contributed by atoms with E-state index in [-0.39, 0.29) is 12.1 Å². The van der Waals surface area contributed by atoms with Crippen LogP contribution in [0.15, 0.2) is 24.3 Å². The maximum absolute atomic E-state index is 12.7. The van der Waals surface area contributed by atoms with Crippen molar-refractivity contribution in [2.24, 2.45) is 0 Å². The summed E-state index contributed by atoms with van der Waals surface area (Å²) in [6.45, 7) is 9.84. The molecule has 1 aliphatic rings. The van der Waals surface area contributed by atoms with E-state index >= 15 is 0 Å². The van der Waals surface area contributed by atoms with E-state index in [1.807, 2.05) is 27.7 Å². The Labute approximate surface area is 146 Å². The standard InChI is InChI=1S/C18H25F3N2O2/c1-13(14-5-7-15(8-6-14)18(19,20)21)22-9-11-23(12-10-22)16(24)25-17(2,3)4/h5-8,13H,9-12H2,1-4H3. The Bertz CT molecular complexity index is 586. The summed E-state index contributed by atoms with van der Waals surface area (Å²) in [7, 11) is 0. The molecular weight excluding hydrogens is 333 g/mol. The molecule has 1 aliphatic heterocycles. The van der Waals surface area contributed by atoms with E-state index in [1.54, 1.807) is 4.90 Å². The maximum atomic E-state index is 12.7. The zero-order chi connectivity index (χ0) is 18.8. The first kappa shape index (κ1) is 19.6. The Morgan fingerprint density at radius 1 is 1.04 bits per heavy atom. The van der Waals surface area contributed by atoms with Crippen LogP contribution in [-0.4, -0.2) is 47.7 Å². The minimum Gasteiger partial charge on any atom is -0.444 e. The second kappa shape index (κ2) is 7.23. The lowest BCUT2D eigenvalue weighted by Gasteiger charge is -2.38. The molecule has 0 saturated carbocycles. The number of halogens is 3. The van der Waals surface area contributed by atoms with Gasteiger partial charge < -0.3 is 9.64 Å². The summed E-state index contributed by atoms with van der Waals surface area (Å²) < 4.78 is 43.3. The van der Waals surface area contributed by atoms with Crippen molar-refractivity contribution in [3.8, 4) is 0 Å². The fraction of sp³-hybridized carbons (Fsp3) is 0.611. The molecule has 0 N–H and O–H groups in total. The first-order valence-corrected chi connectivity index (χ1v) is 8.36. The SMILES string of the molecule is CC(c1ccc(C(F)(F)F)cc1)N1CCN(C(=O)OC(C)(C)C)CC1. The van der Waals surface area contributed by atoms with E-state index in [2.05, 4.69) is 4.90 Å². The van der Waals surface area contributed by atoms with Crippen molar-refractivity contribution < 1.29 is 22.7 Å². The summed E-state index contributed by atoms with van der Waals surface area (Å²) in [4.78, 5) is 15.9. The van der Waals surface area contributed by atoms with Gasteiger partial charge in [0.25, 0.3) is 0 Å².